The van der Waals surface area contributed by atoms with Gasteiger partial charge in [-0.2, -0.15) is 0 Å². The number of piperidine rings is 1. The van der Waals surface area contributed by atoms with E-state index in [0.29, 0.717) is 6.42 Å². The molecule has 4 atom stereocenters. The van der Waals surface area contributed by atoms with Crippen molar-refractivity contribution in [3.63, 3.8) is 0 Å². The number of rotatable bonds is 3. The van der Waals surface area contributed by atoms with Crippen LogP contribution < -0.4 is 9.47 Å². The molecule has 182 valence electrons. The Morgan fingerprint density at radius 1 is 1.11 bits per heavy atom. The summed E-state index contributed by atoms with van der Waals surface area (Å²) < 4.78 is 12.7. The van der Waals surface area contributed by atoms with E-state index in [4.69, 9.17) is 9.47 Å². The van der Waals surface area contributed by atoms with Crippen molar-refractivity contribution in [2.45, 2.75) is 55.3 Å². The van der Waals surface area contributed by atoms with Crippen LogP contribution in [-0.2, 0) is 18.3 Å². The van der Waals surface area contributed by atoms with E-state index in [-0.39, 0.29) is 12.1 Å². The van der Waals surface area contributed by atoms with Crippen LogP contribution in [0.5, 0.6) is 11.5 Å². The highest BCUT2D eigenvalue weighted by Crippen LogP contribution is 2.69. The third kappa shape index (κ3) is 2.18. The van der Waals surface area contributed by atoms with Crippen LogP contribution in [0.4, 0.5) is 0 Å². The van der Waals surface area contributed by atoms with Crippen molar-refractivity contribution in [3.05, 3.63) is 70.9 Å². The lowest BCUT2D eigenvalue weighted by Crippen LogP contribution is -2.74. The Balaban J connectivity index is 1.34. The van der Waals surface area contributed by atoms with E-state index in [1.165, 1.54) is 45.7 Å². The molecule has 1 spiro atoms. The predicted molar refractivity (Wildman–Crippen MR) is 139 cm³/mol. The minimum absolute atomic E-state index is 0.100. The maximum atomic E-state index is 13.0. The molecule has 2 fully saturated rings. The van der Waals surface area contributed by atoms with Crippen LogP contribution in [0, 0.1) is 5.92 Å². The zero-order valence-electron chi connectivity index (χ0n) is 20.5. The molecule has 3 aliphatic carbocycles. The van der Waals surface area contributed by atoms with Gasteiger partial charge in [0.05, 0.1) is 29.3 Å². The fraction of sp³-hybridized carbons (Fsp3) is 0.419. The molecule has 3 heterocycles. The maximum Gasteiger partial charge on any atom is 0.166 e. The van der Waals surface area contributed by atoms with Crippen molar-refractivity contribution in [2.24, 2.45) is 5.92 Å². The Morgan fingerprint density at radius 3 is 2.86 bits per heavy atom. The molecule has 2 N–H and O–H groups in total. The van der Waals surface area contributed by atoms with Gasteiger partial charge in [-0.3, -0.25) is 4.90 Å². The second-order valence-electron chi connectivity index (χ2n) is 11.8. The molecule has 0 radical (unpaired) electrons. The number of H-pyrrole nitrogens is 1. The van der Waals surface area contributed by atoms with Gasteiger partial charge in [-0.25, -0.2) is 0 Å². The SMILES string of the molecule is COc1ccc2c3c1OC1c4[nH]c5c(ccc6ccccc65)c4CC4(O)[C@@H](C2)N(CC2CC2)CC[C@]314. The average molecular weight is 479 g/mol. The van der Waals surface area contributed by atoms with E-state index in [9.17, 15) is 5.11 Å². The fourth-order valence-corrected chi connectivity index (χ4v) is 8.52. The molecule has 1 saturated heterocycles. The van der Waals surface area contributed by atoms with Gasteiger partial charge in [0, 0.05) is 35.3 Å². The molecule has 3 aromatic carbocycles. The number of nitrogens with one attached hydrogen (secondary N) is 1. The Labute approximate surface area is 210 Å². The number of hydrogen-bond acceptors (Lipinski definition) is 4. The van der Waals surface area contributed by atoms with E-state index >= 15 is 0 Å². The number of likely N-dealkylation sites (tertiary alicyclic amines) is 1. The minimum atomic E-state index is -0.886. The summed E-state index contributed by atoms with van der Waals surface area (Å²) in [6.45, 7) is 2.12. The Bertz CT molecular complexity index is 1600. The summed E-state index contributed by atoms with van der Waals surface area (Å²) >= 11 is 0. The summed E-state index contributed by atoms with van der Waals surface area (Å²) in [6.07, 6.45) is 4.84. The third-order valence-corrected chi connectivity index (χ3v) is 10.3. The Hall–Kier alpha value is -3.02. The monoisotopic (exact) mass is 478 g/mol. The van der Waals surface area contributed by atoms with Gasteiger partial charge >= 0.3 is 0 Å². The summed E-state index contributed by atoms with van der Waals surface area (Å²) in [5.74, 6) is 2.43. The van der Waals surface area contributed by atoms with Crippen molar-refractivity contribution in [2.75, 3.05) is 20.2 Å². The first kappa shape index (κ1) is 20.1. The van der Waals surface area contributed by atoms with Gasteiger partial charge in [0.15, 0.2) is 17.6 Å². The second kappa shape index (κ2) is 6.45. The number of benzene rings is 3. The lowest BCUT2D eigenvalue weighted by Gasteiger charge is -2.62. The molecule has 2 bridgehead atoms. The standard InChI is InChI=1S/C31H30N2O3/c1-35-23-11-9-19-14-24-31(34)15-22-21-10-8-18-4-2-3-5-20(18)26(21)32-27(22)29-30(31,25(19)28(23)36-29)12-13-33(24)16-17-6-7-17/h2-5,8-11,17,24,29,32,34H,6-7,12-16H2,1H3/t24-,29?,30+,31?/m1/s1. The average Bonchev–Trinajstić information content (AvgIpc) is 3.53. The molecule has 2 unspecified atom stereocenters. The quantitative estimate of drug-likeness (QED) is 0.434. The highest BCUT2D eigenvalue weighted by molar-refractivity contribution is 6.07. The van der Waals surface area contributed by atoms with Crippen molar-refractivity contribution in [3.8, 4) is 11.5 Å². The van der Waals surface area contributed by atoms with Gasteiger partial charge in [-0.05, 0) is 60.7 Å². The zero-order valence-corrected chi connectivity index (χ0v) is 20.5. The van der Waals surface area contributed by atoms with E-state index < -0.39 is 11.0 Å². The molecule has 2 aliphatic heterocycles. The summed E-state index contributed by atoms with van der Waals surface area (Å²) in [6, 6.07) is 17.4. The summed E-state index contributed by atoms with van der Waals surface area (Å²) in [5.41, 5.74) is 4.73. The van der Waals surface area contributed by atoms with Crippen LogP contribution in [0.3, 0.4) is 0 Å². The Kier molecular flexibility index (Phi) is 3.60. The topological polar surface area (TPSA) is 57.7 Å². The second-order valence-corrected chi connectivity index (χ2v) is 11.8. The van der Waals surface area contributed by atoms with Crippen LogP contribution in [0.15, 0.2) is 48.5 Å². The number of fused-ring (bicyclic) bond motifs is 6. The minimum Gasteiger partial charge on any atom is -0.493 e. The first-order valence-electron chi connectivity index (χ1n) is 13.5. The van der Waals surface area contributed by atoms with Crippen LogP contribution in [0.25, 0.3) is 21.7 Å². The van der Waals surface area contributed by atoms with Gasteiger partial charge < -0.3 is 19.6 Å². The zero-order chi connectivity index (χ0) is 23.8. The van der Waals surface area contributed by atoms with Crippen molar-refractivity contribution >= 4 is 21.7 Å². The molecule has 4 aromatic rings. The van der Waals surface area contributed by atoms with Crippen LogP contribution in [0.2, 0.25) is 0 Å². The lowest BCUT2D eigenvalue weighted by molar-refractivity contribution is -0.173. The summed E-state index contributed by atoms with van der Waals surface area (Å²) in [4.78, 5) is 6.47. The third-order valence-electron chi connectivity index (χ3n) is 10.3. The fourth-order valence-electron chi connectivity index (χ4n) is 8.52. The molecule has 36 heavy (non-hydrogen) atoms. The smallest absolute Gasteiger partial charge is 0.166 e. The summed E-state index contributed by atoms with van der Waals surface area (Å²) in [7, 11) is 1.72. The maximum absolute atomic E-state index is 13.0. The van der Waals surface area contributed by atoms with Gasteiger partial charge in [-0.1, -0.05) is 42.5 Å². The van der Waals surface area contributed by atoms with Crippen molar-refractivity contribution < 1.29 is 14.6 Å². The Morgan fingerprint density at radius 2 is 2.00 bits per heavy atom. The molecule has 0 amide bonds. The molecular formula is C31H30N2O3. The van der Waals surface area contributed by atoms with Crippen LogP contribution in [-0.4, -0.2) is 46.8 Å². The molecule has 5 nitrogen and oxygen atoms in total. The van der Waals surface area contributed by atoms with Crippen LogP contribution >= 0.6 is 0 Å². The van der Waals surface area contributed by atoms with E-state index in [1.54, 1.807) is 7.11 Å². The van der Waals surface area contributed by atoms with E-state index in [2.05, 4.69) is 58.4 Å². The van der Waals surface area contributed by atoms with E-state index in [0.717, 1.165) is 54.6 Å². The number of nitrogens with zero attached hydrogens (tertiary/aromatic N) is 1. The first-order valence-corrected chi connectivity index (χ1v) is 13.5. The van der Waals surface area contributed by atoms with Gasteiger partial charge in [-0.15, -0.1) is 0 Å². The van der Waals surface area contributed by atoms with Gasteiger partial charge in [0.25, 0.3) is 0 Å². The van der Waals surface area contributed by atoms with Crippen molar-refractivity contribution in [1.82, 2.24) is 9.88 Å². The van der Waals surface area contributed by atoms with E-state index in [1.807, 2.05) is 0 Å². The molecule has 5 aliphatic rings. The lowest BCUT2D eigenvalue weighted by atomic mass is 9.49. The largest absolute Gasteiger partial charge is 0.493 e. The number of methoxy groups -OCH3 is 1. The van der Waals surface area contributed by atoms with Crippen molar-refractivity contribution in [1.29, 1.82) is 0 Å². The molecule has 5 heteroatoms. The number of aliphatic hydroxyl groups is 1. The number of ether oxygens (including phenoxy) is 2. The highest BCUT2D eigenvalue weighted by atomic mass is 16.5. The first-order chi connectivity index (χ1) is 17.6. The number of aromatic amines is 1. The highest BCUT2D eigenvalue weighted by Gasteiger charge is 2.72. The number of hydrogen-bond donors (Lipinski definition) is 2. The van der Waals surface area contributed by atoms with Gasteiger partial charge in [0.1, 0.15) is 0 Å². The number of aromatic nitrogens is 1. The predicted octanol–water partition coefficient (Wildman–Crippen LogP) is 5.03. The van der Waals surface area contributed by atoms with Gasteiger partial charge in [0.2, 0.25) is 0 Å². The normalized spacial score (nSPS) is 31.8. The molecule has 1 aromatic heterocycles. The molecule has 1 saturated carbocycles. The summed E-state index contributed by atoms with van der Waals surface area (Å²) in [5, 5.41) is 16.7. The molecule has 9 rings (SSSR count). The molecular weight excluding hydrogens is 448 g/mol. The van der Waals surface area contributed by atoms with Crippen LogP contribution in [0.1, 0.15) is 47.8 Å².